The summed E-state index contributed by atoms with van der Waals surface area (Å²) in [5.74, 6) is -0.104. The Bertz CT molecular complexity index is 551. The van der Waals surface area contributed by atoms with Crippen LogP contribution in [0.5, 0.6) is 0 Å². The van der Waals surface area contributed by atoms with Crippen LogP contribution < -0.4 is 0 Å². The van der Waals surface area contributed by atoms with Crippen LogP contribution in [-0.4, -0.2) is 38.6 Å². The molecule has 0 saturated heterocycles. The van der Waals surface area contributed by atoms with Gasteiger partial charge in [-0.05, 0) is 12.2 Å². The lowest BCUT2D eigenvalue weighted by atomic mass is 10.1. The molecular weight excluding hydrogens is 364 g/mol. The fourth-order valence-electron chi connectivity index (χ4n) is 3.07. The Morgan fingerprint density at radius 1 is 0.630 bits per heavy atom. The average Bonchev–Trinajstić information content (AvgIpc) is 2.67. The molecule has 0 spiro atoms. The van der Waals surface area contributed by atoms with Gasteiger partial charge in [0.1, 0.15) is 4.91 Å². The van der Waals surface area contributed by atoms with Gasteiger partial charge >= 0.3 is 0 Å². The second-order valence-electron chi connectivity index (χ2n) is 6.62. The van der Waals surface area contributed by atoms with Gasteiger partial charge < -0.3 is 14.2 Å². The van der Waals surface area contributed by atoms with Crippen LogP contribution >= 0.6 is 11.8 Å². The number of thioether (sulfide) groups is 1. The Kier molecular flexibility index (Phi) is 12.0. The van der Waals surface area contributed by atoms with E-state index < -0.39 is 5.78 Å². The second-order valence-corrected chi connectivity index (χ2v) is 7.72. The van der Waals surface area contributed by atoms with E-state index in [9.17, 15) is 9.59 Å². The summed E-state index contributed by atoms with van der Waals surface area (Å²) in [6.45, 7) is 2.24. The molecule has 0 aromatic rings. The van der Waals surface area contributed by atoms with Crippen LogP contribution in [0.1, 0.15) is 71.1 Å². The molecule has 0 N–H and O–H groups in total. The standard InChI is InChI=1S/C21H34O5S/c1-5-6-7-8-9-10-11-12-13-14-15-27-21-17(23)19(25-3)18(24-2)16(22)20(21)26-4/h5-15H2,1-4H3. The summed E-state index contributed by atoms with van der Waals surface area (Å²) in [7, 11) is 4.10. The molecule has 0 aromatic heterocycles. The van der Waals surface area contributed by atoms with Crippen molar-refractivity contribution in [2.24, 2.45) is 0 Å². The zero-order valence-corrected chi connectivity index (χ0v) is 18.0. The van der Waals surface area contributed by atoms with Crippen LogP contribution in [0.25, 0.3) is 0 Å². The Morgan fingerprint density at radius 2 is 1.07 bits per heavy atom. The van der Waals surface area contributed by atoms with E-state index in [1.807, 2.05) is 0 Å². The van der Waals surface area contributed by atoms with Crippen LogP contribution in [0.15, 0.2) is 22.2 Å². The summed E-state index contributed by atoms with van der Waals surface area (Å²) < 4.78 is 15.3. The molecule has 154 valence electrons. The Labute approximate surface area is 167 Å². The van der Waals surface area contributed by atoms with Crippen LogP contribution in [0.2, 0.25) is 0 Å². The highest BCUT2D eigenvalue weighted by atomic mass is 32.2. The maximum Gasteiger partial charge on any atom is 0.267 e. The van der Waals surface area contributed by atoms with Crippen LogP contribution in [0, 0.1) is 0 Å². The first-order valence-electron chi connectivity index (χ1n) is 9.95. The first kappa shape index (κ1) is 23.6. The van der Waals surface area contributed by atoms with E-state index in [-0.39, 0.29) is 23.1 Å². The number of carbonyl (C=O) groups excluding carboxylic acids is 2. The highest BCUT2D eigenvalue weighted by molar-refractivity contribution is 8.04. The summed E-state index contributed by atoms with van der Waals surface area (Å²) in [4.78, 5) is 25.3. The number of methoxy groups -OCH3 is 3. The zero-order valence-electron chi connectivity index (χ0n) is 17.2. The third-order valence-corrected chi connectivity index (χ3v) is 5.75. The molecule has 0 fully saturated rings. The fraction of sp³-hybridized carbons (Fsp3) is 0.714. The molecule has 0 atom stereocenters. The molecule has 6 heteroatoms. The highest BCUT2D eigenvalue weighted by Gasteiger charge is 2.38. The van der Waals surface area contributed by atoms with Gasteiger partial charge in [-0.1, -0.05) is 64.7 Å². The summed E-state index contributed by atoms with van der Waals surface area (Å²) >= 11 is 1.37. The van der Waals surface area contributed by atoms with Gasteiger partial charge in [-0.15, -0.1) is 11.8 Å². The summed E-state index contributed by atoms with van der Waals surface area (Å²) in [6.07, 6.45) is 12.6. The van der Waals surface area contributed by atoms with Crippen molar-refractivity contribution >= 4 is 23.3 Å². The van der Waals surface area contributed by atoms with Crippen molar-refractivity contribution in [3.63, 3.8) is 0 Å². The minimum Gasteiger partial charge on any atom is -0.491 e. The summed E-state index contributed by atoms with van der Waals surface area (Å²) in [5.41, 5.74) is 0. The Balaban J connectivity index is 2.36. The van der Waals surface area contributed by atoms with E-state index in [0.29, 0.717) is 4.91 Å². The first-order chi connectivity index (χ1) is 13.1. The summed E-state index contributed by atoms with van der Waals surface area (Å²) in [6, 6.07) is 0. The Hall–Kier alpha value is -1.43. The topological polar surface area (TPSA) is 61.8 Å². The largest absolute Gasteiger partial charge is 0.491 e. The van der Waals surface area contributed by atoms with Gasteiger partial charge in [-0.25, -0.2) is 0 Å². The number of hydrogen-bond donors (Lipinski definition) is 0. The van der Waals surface area contributed by atoms with Crippen molar-refractivity contribution in [3.8, 4) is 0 Å². The molecule has 0 radical (unpaired) electrons. The molecular formula is C21H34O5S. The second kappa shape index (κ2) is 13.7. The van der Waals surface area contributed by atoms with Crippen molar-refractivity contribution in [1.82, 2.24) is 0 Å². The predicted octanol–water partition coefficient (Wildman–Crippen LogP) is 5.15. The van der Waals surface area contributed by atoms with Crippen molar-refractivity contribution < 1.29 is 23.8 Å². The number of rotatable bonds is 15. The molecule has 0 amide bonds. The van der Waals surface area contributed by atoms with Crippen LogP contribution in [-0.2, 0) is 23.8 Å². The maximum absolute atomic E-state index is 12.6. The number of Topliss-reactive ketones (excluding diaryl/α,β-unsaturated/α-hetero) is 2. The first-order valence-corrected chi connectivity index (χ1v) is 10.9. The van der Waals surface area contributed by atoms with Crippen LogP contribution in [0.4, 0.5) is 0 Å². The van der Waals surface area contributed by atoms with E-state index in [1.165, 1.54) is 84.5 Å². The molecule has 5 nitrogen and oxygen atoms in total. The average molecular weight is 399 g/mol. The van der Waals surface area contributed by atoms with Crippen LogP contribution in [0.3, 0.4) is 0 Å². The van der Waals surface area contributed by atoms with Gasteiger partial charge in [0.15, 0.2) is 5.76 Å². The third-order valence-electron chi connectivity index (χ3n) is 4.59. The molecule has 0 aromatic carbocycles. The minimum absolute atomic E-state index is 0.0473. The van der Waals surface area contributed by atoms with E-state index in [0.717, 1.165) is 18.6 Å². The van der Waals surface area contributed by atoms with E-state index >= 15 is 0 Å². The Morgan fingerprint density at radius 3 is 1.56 bits per heavy atom. The van der Waals surface area contributed by atoms with Crippen molar-refractivity contribution in [2.75, 3.05) is 27.1 Å². The third kappa shape index (κ3) is 7.24. The fourth-order valence-corrected chi connectivity index (χ4v) is 4.15. The van der Waals surface area contributed by atoms with E-state index in [4.69, 9.17) is 14.2 Å². The van der Waals surface area contributed by atoms with Crippen molar-refractivity contribution in [3.05, 3.63) is 22.2 Å². The molecule has 0 saturated carbocycles. The minimum atomic E-state index is -0.443. The van der Waals surface area contributed by atoms with Gasteiger partial charge in [0, 0.05) is 0 Å². The normalized spacial score (nSPS) is 14.8. The van der Waals surface area contributed by atoms with E-state index in [1.54, 1.807) is 0 Å². The van der Waals surface area contributed by atoms with Gasteiger partial charge in [0.05, 0.1) is 21.3 Å². The number of hydrogen-bond acceptors (Lipinski definition) is 6. The summed E-state index contributed by atoms with van der Waals surface area (Å²) in [5, 5.41) is 0. The lowest BCUT2D eigenvalue weighted by Gasteiger charge is -2.20. The smallest absolute Gasteiger partial charge is 0.267 e. The molecule has 0 heterocycles. The molecule has 0 bridgehead atoms. The molecule has 1 aliphatic rings. The molecule has 27 heavy (non-hydrogen) atoms. The number of ether oxygens (including phenoxy) is 3. The molecule has 0 aliphatic heterocycles. The number of ketones is 2. The quantitative estimate of drug-likeness (QED) is 0.281. The van der Waals surface area contributed by atoms with Gasteiger partial charge in [0.25, 0.3) is 5.78 Å². The number of allylic oxidation sites excluding steroid dienone is 1. The molecule has 0 unspecified atom stereocenters. The number of unbranched alkanes of at least 4 members (excludes halogenated alkanes) is 9. The van der Waals surface area contributed by atoms with Gasteiger partial charge in [-0.3, -0.25) is 9.59 Å². The maximum atomic E-state index is 12.6. The zero-order chi connectivity index (χ0) is 20.1. The lowest BCUT2D eigenvalue weighted by molar-refractivity contribution is -0.123. The van der Waals surface area contributed by atoms with E-state index in [2.05, 4.69) is 6.92 Å². The monoisotopic (exact) mass is 398 g/mol. The van der Waals surface area contributed by atoms with Gasteiger partial charge in [0.2, 0.25) is 17.3 Å². The van der Waals surface area contributed by atoms with Gasteiger partial charge in [-0.2, -0.15) is 0 Å². The van der Waals surface area contributed by atoms with Crippen molar-refractivity contribution in [2.45, 2.75) is 71.1 Å². The highest BCUT2D eigenvalue weighted by Crippen LogP contribution is 2.33. The van der Waals surface area contributed by atoms with Crippen molar-refractivity contribution in [1.29, 1.82) is 0 Å². The lowest BCUT2D eigenvalue weighted by Crippen LogP contribution is -2.25. The number of carbonyl (C=O) groups is 2. The SMILES string of the molecule is CCCCCCCCCCCCSC1=C(OC)C(=O)C(OC)=C(OC)C1=O. The molecule has 1 rings (SSSR count). The molecule has 1 aliphatic carbocycles. The predicted molar refractivity (Wildman–Crippen MR) is 109 cm³/mol.